The number of carbonyl (C=O) groups excluding carboxylic acids is 2. The fraction of sp³-hybridized carbons (Fsp3) is 0.565. The Morgan fingerprint density at radius 3 is 2.68 bits per heavy atom. The van der Waals surface area contributed by atoms with Crippen LogP contribution in [0.2, 0.25) is 0 Å². The highest BCUT2D eigenvalue weighted by Crippen LogP contribution is 2.49. The van der Waals surface area contributed by atoms with Crippen LogP contribution in [0.25, 0.3) is 0 Å². The molecule has 2 amide bonds. The summed E-state index contributed by atoms with van der Waals surface area (Å²) in [6, 6.07) is 7.53. The molecule has 1 aromatic heterocycles. The summed E-state index contributed by atoms with van der Waals surface area (Å²) < 4.78 is 5.32. The summed E-state index contributed by atoms with van der Waals surface area (Å²) in [6.07, 6.45) is 4.74. The van der Waals surface area contributed by atoms with Gasteiger partial charge < -0.3 is 9.64 Å². The van der Waals surface area contributed by atoms with Gasteiger partial charge in [0.05, 0.1) is 18.1 Å². The Morgan fingerprint density at radius 1 is 1.26 bits per heavy atom. The van der Waals surface area contributed by atoms with Gasteiger partial charge >= 0.3 is 0 Å². The van der Waals surface area contributed by atoms with Crippen molar-refractivity contribution in [1.29, 1.82) is 0 Å². The molecular weight excluding hydrogens is 412 g/mol. The average Bonchev–Trinajstić information content (AvgIpc) is 3.23. The Labute approximate surface area is 187 Å². The van der Waals surface area contributed by atoms with Gasteiger partial charge in [-0.1, -0.05) is 62.6 Å². The second-order valence-corrected chi connectivity index (χ2v) is 9.73. The van der Waals surface area contributed by atoms with Crippen LogP contribution in [0, 0.1) is 0 Å². The zero-order valence-corrected chi connectivity index (χ0v) is 19.2. The molecule has 31 heavy (non-hydrogen) atoms. The highest BCUT2D eigenvalue weighted by Gasteiger charge is 2.54. The van der Waals surface area contributed by atoms with Crippen molar-refractivity contribution in [2.24, 2.45) is 0 Å². The topological polar surface area (TPSA) is 84.4 Å². The molecule has 7 nitrogen and oxygen atoms in total. The molecule has 0 radical (unpaired) electrons. The normalized spacial score (nSPS) is 20.2. The van der Waals surface area contributed by atoms with E-state index in [1.54, 1.807) is 7.11 Å². The van der Waals surface area contributed by atoms with E-state index in [1.165, 1.54) is 11.3 Å². The molecule has 1 atom stereocenters. The van der Waals surface area contributed by atoms with E-state index in [-0.39, 0.29) is 17.7 Å². The number of carbonyl (C=O) groups is 2. The third-order valence-corrected chi connectivity index (χ3v) is 7.63. The van der Waals surface area contributed by atoms with Crippen LogP contribution < -0.4 is 5.32 Å². The maximum atomic E-state index is 13.8. The molecule has 1 aliphatic heterocycles. The van der Waals surface area contributed by atoms with Gasteiger partial charge in [0.2, 0.25) is 11.0 Å². The number of nitrogens with zero attached hydrogens (tertiary/aromatic N) is 3. The number of anilines is 1. The number of aromatic nitrogens is 2. The Bertz CT molecular complexity index is 952. The summed E-state index contributed by atoms with van der Waals surface area (Å²) in [6.45, 7) is 5.03. The average molecular weight is 443 g/mol. The lowest BCUT2D eigenvalue weighted by atomic mass is 9.65. The van der Waals surface area contributed by atoms with Crippen LogP contribution in [0.15, 0.2) is 24.3 Å². The smallest absolute Gasteiger partial charge is 0.254 e. The minimum atomic E-state index is -0.544. The Hall–Kier alpha value is -2.32. The van der Waals surface area contributed by atoms with Crippen molar-refractivity contribution >= 4 is 28.3 Å². The van der Waals surface area contributed by atoms with E-state index in [0.717, 1.165) is 42.7 Å². The van der Waals surface area contributed by atoms with Crippen LogP contribution in [0.1, 0.15) is 78.7 Å². The van der Waals surface area contributed by atoms with E-state index in [2.05, 4.69) is 29.4 Å². The van der Waals surface area contributed by atoms with Gasteiger partial charge in [0, 0.05) is 25.1 Å². The number of rotatable bonds is 6. The number of hydrogen-bond acceptors (Lipinski definition) is 6. The maximum Gasteiger partial charge on any atom is 0.254 e. The molecular formula is C23H30N4O3S. The van der Waals surface area contributed by atoms with Crippen molar-refractivity contribution < 1.29 is 14.3 Å². The summed E-state index contributed by atoms with van der Waals surface area (Å²) in [5, 5.41) is 12.8. The highest BCUT2D eigenvalue weighted by molar-refractivity contribution is 7.15. The van der Waals surface area contributed by atoms with Crippen LogP contribution in [-0.2, 0) is 9.53 Å². The van der Waals surface area contributed by atoms with E-state index in [4.69, 9.17) is 4.74 Å². The van der Waals surface area contributed by atoms with Crippen LogP contribution >= 0.6 is 11.3 Å². The SMILES string of the molecule is COCCN1C(=O)c2ccccc2C(C(=O)Nc2nnc(C(C)C)s2)C12CCCCC2. The molecule has 1 fully saturated rings. The highest BCUT2D eigenvalue weighted by atomic mass is 32.1. The number of fused-ring (bicyclic) bond motifs is 1. The first-order chi connectivity index (χ1) is 15.0. The van der Waals surface area contributed by atoms with Crippen molar-refractivity contribution in [2.45, 2.75) is 63.3 Å². The molecule has 1 saturated carbocycles. The van der Waals surface area contributed by atoms with Crippen LogP contribution in [-0.4, -0.2) is 52.7 Å². The first-order valence-corrected chi connectivity index (χ1v) is 11.8. The van der Waals surface area contributed by atoms with Crippen molar-refractivity contribution in [2.75, 3.05) is 25.6 Å². The number of nitrogens with one attached hydrogen (secondary N) is 1. The molecule has 2 aromatic rings. The first kappa shape index (κ1) is 21.9. The molecule has 8 heteroatoms. The fourth-order valence-corrected chi connectivity index (χ4v) is 5.80. The standard InChI is InChI=1S/C23H30N4O3S/c1-15(2)20-25-26-22(31-20)24-19(28)18-16-9-5-6-10-17(16)21(29)27(13-14-30-3)23(18)11-7-4-8-12-23/h5-6,9-10,15,18H,4,7-8,11-14H2,1-3H3,(H,24,26,28). The molecule has 0 saturated heterocycles. The number of ether oxygens (including phenoxy) is 1. The van der Waals surface area contributed by atoms with Crippen molar-refractivity contribution in [1.82, 2.24) is 15.1 Å². The fourth-order valence-electron chi connectivity index (χ4n) is 5.05. The predicted molar refractivity (Wildman–Crippen MR) is 121 cm³/mol. The first-order valence-electron chi connectivity index (χ1n) is 11.0. The Morgan fingerprint density at radius 2 is 2.00 bits per heavy atom. The van der Waals surface area contributed by atoms with E-state index in [1.807, 2.05) is 29.2 Å². The summed E-state index contributed by atoms with van der Waals surface area (Å²) >= 11 is 1.41. The van der Waals surface area contributed by atoms with Crippen molar-refractivity contribution in [3.05, 3.63) is 40.4 Å². The molecule has 2 aliphatic rings. The Kier molecular flexibility index (Phi) is 6.39. The lowest BCUT2D eigenvalue weighted by molar-refractivity contribution is -0.122. The number of amides is 2. The third-order valence-electron chi connectivity index (χ3n) is 6.49. The largest absolute Gasteiger partial charge is 0.383 e. The number of hydrogen-bond donors (Lipinski definition) is 1. The lowest BCUT2D eigenvalue weighted by Gasteiger charge is -2.53. The van der Waals surface area contributed by atoms with Crippen LogP contribution in [0.5, 0.6) is 0 Å². The molecule has 1 unspecified atom stereocenters. The van der Waals surface area contributed by atoms with Crippen LogP contribution in [0.4, 0.5) is 5.13 Å². The molecule has 1 spiro atoms. The summed E-state index contributed by atoms with van der Waals surface area (Å²) in [4.78, 5) is 29.2. The lowest BCUT2D eigenvalue weighted by Crippen LogP contribution is -2.62. The van der Waals surface area contributed by atoms with E-state index in [0.29, 0.717) is 23.8 Å². The van der Waals surface area contributed by atoms with Crippen molar-refractivity contribution in [3.63, 3.8) is 0 Å². The molecule has 0 bridgehead atoms. The van der Waals surface area contributed by atoms with Gasteiger partial charge in [-0.3, -0.25) is 14.9 Å². The van der Waals surface area contributed by atoms with E-state index in [9.17, 15) is 9.59 Å². The quantitative estimate of drug-likeness (QED) is 0.725. The van der Waals surface area contributed by atoms with Crippen LogP contribution in [0.3, 0.4) is 0 Å². The van der Waals surface area contributed by atoms with Gasteiger partial charge in [-0.05, 0) is 24.5 Å². The zero-order chi connectivity index (χ0) is 22.0. The number of benzene rings is 1. The summed E-state index contributed by atoms with van der Waals surface area (Å²) in [5.74, 6) is -0.317. The molecule has 2 heterocycles. The number of methoxy groups -OCH3 is 1. The Balaban J connectivity index is 1.76. The van der Waals surface area contributed by atoms with Gasteiger partial charge in [0.15, 0.2) is 0 Å². The zero-order valence-electron chi connectivity index (χ0n) is 18.4. The monoisotopic (exact) mass is 442 g/mol. The molecule has 166 valence electrons. The molecule has 4 rings (SSSR count). The van der Waals surface area contributed by atoms with Gasteiger partial charge in [0.1, 0.15) is 5.01 Å². The second-order valence-electron chi connectivity index (χ2n) is 8.72. The van der Waals surface area contributed by atoms with E-state index >= 15 is 0 Å². The summed E-state index contributed by atoms with van der Waals surface area (Å²) in [5.41, 5.74) is 0.877. The van der Waals surface area contributed by atoms with Gasteiger partial charge in [-0.15, -0.1) is 10.2 Å². The third kappa shape index (κ3) is 3.99. The minimum Gasteiger partial charge on any atom is -0.383 e. The summed E-state index contributed by atoms with van der Waals surface area (Å²) in [7, 11) is 1.64. The minimum absolute atomic E-state index is 0.00314. The molecule has 1 aliphatic carbocycles. The van der Waals surface area contributed by atoms with Crippen molar-refractivity contribution in [3.8, 4) is 0 Å². The van der Waals surface area contributed by atoms with Gasteiger partial charge in [0.25, 0.3) is 5.91 Å². The molecule has 1 N–H and O–H groups in total. The second kappa shape index (κ2) is 9.04. The van der Waals surface area contributed by atoms with Gasteiger partial charge in [-0.2, -0.15) is 0 Å². The molecule has 1 aromatic carbocycles. The predicted octanol–water partition coefficient (Wildman–Crippen LogP) is 4.19. The maximum absolute atomic E-state index is 13.8. The van der Waals surface area contributed by atoms with E-state index < -0.39 is 11.5 Å². The van der Waals surface area contributed by atoms with Gasteiger partial charge in [-0.25, -0.2) is 0 Å².